The second kappa shape index (κ2) is 9.24. The Morgan fingerprint density at radius 2 is 1.76 bits per heavy atom. The summed E-state index contributed by atoms with van der Waals surface area (Å²) in [7, 11) is 1.61. The molecule has 0 saturated heterocycles. The summed E-state index contributed by atoms with van der Waals surface area (Å²) >= 11 is 6.41. The fourth-order valence-electron chi connectivity index (χ4n) is 3.87. The maximum atomic E-state index is 14.5. The maximum absolute atomic E-state index is 14.5. The first-order valence-electron chi connectivity index (χ1n) is 10.8. The molecule has 2 N–H and O–H groups in total. The van der Waals surface area contributed by atoms with Gasteiger partial charge in [-0.05, 0) is 31.2 Å². The lowest BCUT2D eigenvalue weighted by Gasteiger charge is -2.16. The van der Waals surface area contributed by atoms with Gasteiger partial charge in [-0.2, -0.15) is 10.1 Å². The zero-order valence-corrected chi connectivity index (χ0v) is 20.1. The molecule has 0 saturated carbocycles. The predicted octanol–water partition coefficient (Wildman–Crippen LogP) is 3.23. The molecule has 3 heterocycles. The highest BCUT2D eigenvalue weighted by molar-refractivity contribution is 6.34. The van der Waals surface area contributed by atoms with Gasteiger partial charge in [0.25, 0.3) is 0 Å². The molecule has 5 aromatic rings. The number of aromatic amines is 1. The summed E-state index contributed by atoms with van der Waals surface area (Å²) in [5.41, 5.74) is -0.221. The number of H-pyrrole nitrogens is 1. The van der Waals surface area contributed by atoms with Gasteiger partial charge in [0.05, 0.1) is 23.8 Å². The van der Waals surface area contributed by atoms with E-state index in [1.54, 1.807) is 19.2 Å². The SMILES string of the molecule is Cc1cc2cc(Nc3nc(=O)n(Cc4ncn(C)n4)c(=O)n3Cc3cc(F)c(F)cc3F)c(Cl)cc2[nH]1. The normalized spacial score (nSPS) is 11.4. The number of nitrogens with zero attached hydrogens (tertiary/aromatic N) is 6. The Morgan fingerprint density at radius 1 is 1.00 bits per heavy atom. The van der Waals surface area contributed by atoms with Crippen molar-refractivity contribution >= 4 is 34.1 Å². The largest absolute Gasteiger partial charge is 0.359 e. The van der Waals surface area contributed by atoms with Crippen LogP contribution in [0.4, 0.5) is 24.8 Å². The van der Waals surface area contributed by atoms with Gasteiger partial charge in [-0.3, -0.25) is 9.25 Å². The monoisotopic (exact) mass is 530 g/mol. The number of halogens is 4. The minimum atomic E-state index is -1.38. The van der Waals surface area contributed by atoms with E-state index in [0.29, 0.717) is 17.8 Å². The molecule has 0 fully saturated rings. The van der Waals surface area contributed by atoms with Gasteiger partial charge in [-0.25, -0.2) is 32.3 Å². The molecule has 14 heteroatoms. The lowest BCUT2D eigenvalue weighted by atomic mass is 10.2. The van der Waals surface area contributed by atoms with Gasteiger partial charge in [0, 0.05) is 35.3 Å². The second-order valence-electron chi connectivity index (χ2n) is 8.36. The molecular formula is C23H18ClF3N8O2. The summed E-state index contributed by atoms with van der Waals surface area (Å²) in [6, 6.07) is 6.21. The Bertz CT molecular complexity index is 1790. The van der Waals surface area contributed by atoms with E-state index >= 15 is 0 Å². The molecule has 37 heavy (non-hydrogen) atoms. The molecule has 0 radical (unpaired) electrons. The van der Waals surface area contributed by atoms with E-state index in [-0.39, 0.29) is 28.9 Å². The third kappa shape index (κ3) is 4.72. The van der Waals surface area contributed by atoms with Crippen molar-refractivity contribution in [2.45, 2.75) is 20.0 Å². The first kappa shape index (κ1) is 24.3. The Hall–Kier alpha value is -4.39. The van der Waals surface area contributed by atoms with Crippen molar-refractivity contribution in [3.8, 4) is 0 Å². The fraction of sp³-hybridized carbons (Fsp3) is 0.174. The molecule has 0 aliphatic carbocycles. The van der Waals surface area contributed by atoms with Crippen LogP contribution in [0.2, 0.25) is 5.02 Å². The third-order valence-electron chi connectivity index (χ3n) is 5.60. The zero-order chi connectivity index (χ0) is 26.4. The third-order valence-corrected chi connectivity index (χ3v) is 5.92. The van der Waals surface area contributed by atoms with Crippen LogP contribution >= 0.6 is 11.6 Å². The molecular weight excluding hydrogens is 513 g/mol. The van der Waals surface area contributed by atoms with Crippen molar-refractivity contribution in [1.82, 2.24) is 33.9 Å². The van der Waals surface area contributed by atoms with Crippen LogP contribution in [0.15, 0.2) is 46.2 Å². The average molecular weight is 531 g/mol. The summed E-state index contributed by atoms with van der Waals surface area (Å²) in [6.07, 6.45) is 1.39. The van der Waals surface area contributed by atoms with E-state index in [1.165, 1.54) is 11.0 Å². The summed E-state index contributed by atoms with van der Waals surface area (Å²) < 4.78 is 44.9. The summed E-state index contributed by atoms with van der Waals surface area (Å²) in [5.74, 6) is -3.88. The molecule has 2 aromatic carbocycles. The summed E-state index contributed by atoms with van der Waals surface area (Å²) in [4.78, 5) is 37.4. The fourth-order valence-corrected chi connectivity index (χ4v) is 4.08. The standard InChI is InChI=1S/C23H18ClF3N8O2/c1-11-3-12-5-19(14(24)6-18(12)29-11)30-21-31-22(36)35(9-20-28-10-33(2)32-20)23(37)34(21)8-13-4-16(26)17(27)7-15(13)25/h3-7,10,29H,8-9H2,1-2H3,(H,30,31,36). The van der Waals surface area contributed by atoms with Crippen LogP contribution in [0.5, 0.6) is 0 Å². The van der Waals surface area contributed by atoms with Gasteiger partial charge in [0.15, 0.2) is 17.5 Å². The molecule has 0 aliphatic heterocycles. The number of anilines is 2. The lowest BCUT2D eigenvalue weighted by molar-refractivity contribution is 0.485. The highest BCUT2D eigenvalue weighted by Gasteiger charge is 2.19. The van der Waals surface area contributed by atoms with Gasteiger partial charge in [-0.1, -0.05) is 11.6 Å². The minimum Gasteiger partial charge on any atom is -0.359 e. The maximum Gasteiger partial charge on any atom is 0.355 e. The van der Waals surface area contributed by atoms with Crippen LogP contribution in [-0.4, -0.2) is 33.9 Å². The number of hydrogen-bond donors (Lipinski definition) is 2. The summed E-state index contributed by atoms with van der Waals surface area (Å²) in [6.45, 7) is 0.977. The van der Waals surface area contributed by atoms with Crippen LogP contribution in [0, 0.1) is 24.4 Å². The lowest BCUT2D eigenvalue weighted by Crippen LogP contribution is -2.43. The first-order valence-corrected chi connectivity index (χ1v) is 11.2. The first-order chi connectivity index (χ1) is 17.6. The van der Waals surface area contributed by atoms with Gasteiger partial charge < -0.3 is 10.3 Å². The highest BCUT2D eigenvalue weighted by Crippen LogP contribution is 2.30. The van der Waals surface area contributed by atoms with Crippen LogP contribution in [-0.2, 0) is 20.1 Å². The Kier molecular flexibility index (Phi) is 6.07. The van der Waals surface area contributed by atoms with Gasteiger partial charge in [0.1, 0.15) is 12.1 Å². The van der Waals surface area contributed by atoms with Crippen molar-refractivity contribution in [1.29, 1.82) is 0 Å². The topological polar surface area (TPSA) is 115 Å². The van der Waals surface area contributed by atoms with Crippen molar-refractivity contribution < 1.29 is 13.2 Å². The zero-order valence-electron chi connectivity index (χ0n) is 19.4. The average Bonchev–Trinajstić information content (AvgIpc) is 3.40. The quantitative estimate of drug-likeness (QED) is 0.326. The number of aryl methyl sites for hydroxylation is 2. The van der Waals surface area contributed by atoms with Crippen molar-refractivity contribution in [2.75, 3.05) is 5.32 Å². The van der Waals surface area contributed by atoms with E-state index in [9.17, 15) is 22.8 Å². The van der Waals surface area contributed by atoms with Gasteiger partial charge in [0.2, 0.25) is 5.95 Å². The van der Waals surface area contributed by atoms with Crippen LogP contribution in [0.1, 0.15) is 17.1 Å². The number of benzene rings is 2. The van der Waals surface area contributed by atoms with Crippen molar-refractivity contribution in [3.63, 3.8) is 0 Å². The van der Waals surface area contributed by atoms with Crippen LogP contribution in [0.3, 0.4) is 0 Å². The van der Waals surface area contributed by atoms with E-state index in [0.717, 1.165) is 25.7 Å². The Balaban J connectivity index is 1.64. The number of hydrogen-bond acceptors (Lipinski definition) is 6. The van der Waals surface area contributed by atoms with E-state index in [1.807, 2.05) is 13.0 Å². The molecule has 10 nitrogen and oxygen atoms in total. The number of fused-ring (bicyclic) bond motifs is 1. The molecule has 190 valence electrons. The van der Waals surface area contributed by atoms with Crippen molar-refractivity contribution in [2.24, 2.45) is 7.05 Å². The van der Waals surface area contributed by atoms with Gasteiger partial charge in [-0.15, -0.1) is 0 Å². The number of aromatic nitrogens is 7. The van der Waals surface area contributed by atoms with Crippen molar-refractivity contribution in [3.05, 3.63) is 97.2 Å². The number of nitrogens with one attached hydrogen (secondary N) is 2. The van der Waals surface area contributed by atoms with E-state index < -0.39 is 35.4 Å². The molecule has 3 aromatic heterocycles. The molecule has 5 rings (SSSR count). The minimum absolute atomic E-state index is 0.158. The molecule has 0 aliphatic rings. The highest BCUT2D eigenvalue weighted by atomic mass is 35.5. The van der Waals surface area contributed by atoms with Crippen LogP contribution < -0.4 is 16.7 Å². The molecule has 0 amide bonds. The predicted molar refractivity (Wildman–Crippen MR) is 130 cm³/mol. The Morgan fingerprint density at radius 3 is 2.49 bits per heavy atom. The van der Waals surface area contributed by atoms with Crippen LogP contribution in [0.25, 0.3) is 10.9 Å². The summed E-state index contributed by atoms with van der Waals surface area (Å²) in [5, 5.41) is 7.94. The van der Waals surface area contributed by atoms with E-state index in [4.69, 9.17) is 11.6 Å². The molecule has 0 atom stereocenters. The smallest absolute Gasteiger partial charge is 0.355 e. The number of rotatable bonds is 6. The Labute approximate surface area is 211 Å². The molecule has 0 unspecified atom stereocenters. The van der Waals surface area contributed by atoms with E-state index in [2.05, 4.69) is 25.4 Å². The molecule has 0 bridgehead atoms. The molecule has 0 spiro atoms. The second-order valence-corrected chi connectivity index (χ2v) is 8.77. The van der Waals surface area contributed by atoms with Gasteiger partial charge >= 0.3 is 11.4 Å².